The number of nitrogens with zero attached hydrogens (tertiary/aromatic N) is 3. The lowest BCUT2D eigenvalue weighted by Crippen LogP contribution is -2.61. The number of fused-ring (bicyclic) bond motifs is 1. The highest BCUT2D eigenvalue weighted by Crippen LogP contribution is 2.37. The Morgan fingerprint density at radius 1 is 1.26 bits per heavy atom. The third-order valence-electron chi connectivity index (χ3n) is 5.94. The van der Waals surface area contributed by atoms with Crippen molar-refractivity contribution in [3.63, 3.8) is 0 Å². The minimum atomic E-state index is -3.45. The predicted octanol–water partition coefficient (Wildman–Crippen LogP) is 1.07. The lowest BCUT2D eigenvalue weighted by Gasteiger charge is -2.50. The number of likely N-dealkylation sites (tertiary alicyclic amines) is 1. The van der Waals surface area contributed by atoms with Gasteiger partial charge in [0.15, 0.2) is 0 Å². The van der Waals surface area contributed by atoms with E-state index in [9.17, 15) is 13.5 Å². The van der Waals surface area contributed by atoms with E-state index >= 15 is 0 Å². The summed E-state index contributed by atoms with van der Waals surface area (Å²) in [5.74, 6) is 0.780. The topological polar surface area (TPSA) is 73.3 Å². The molecule has 2 atom stereocenters. The standard InChI is InChI=1S/C19H31N3O4S/c1-15-5-6-16(18(11-15)26-4)12-21-9-7-19(23)8-10-22(14-17(19)13-21)27(24,25)20(2)3/h5-6,11,17,23H,7-10,12-14H2,1-4H3/t17-,19-/m1/s1. The van der Waals surface area contributed by atoms with Crippen LogP contribution in [-0.4, -0.2) is 80.0 Å². The molecule has 2 heterocycles. The Hall–Kier alpha value is -1.19. The van der Waals surface area contributed by atoms with E-state index in [0.29, 0.717) is 32.5 Å². The van der Waals surface area contributed by atoms with Crippen molar-refractivity contribution in [2.24, 2.45) is 5.92 Å². The summed E-state index contributed by atoms with van der Waals surface area (Å²) >= 11 is 0. The van der Waals surface area contributed by atoms with Crippen molar-refractivity contribution in [2.45, 2.75) is 31.9 Å². The second-order valence-corrected chi connectivity index (χ2v) is 10.1. The molecule has 7 nitrogen and oxygen atoms in total. The van der Waals surface area contributed by atoms with Gasteiger partial charge in [-0.15, -0.1) is 0 Å². The van der Waals surface area contributed by atoms with Crippen molar-refractivity contribution in [1.29, 1.82) is 0 Å². The molecule has 3 rings (SSSR count). The zero-order chi connectivity index (χ0) is 19.8. The summed E-state index contributed by atoms with van der Waals surface area (Å²) in [4.78, 5) is 2.29. The van der Waals surface area contributed by atoms with Crippen LogP contribution in [0.3, 0.4) is 0 Å². The second-order valence-electron chi connectivity index (χ2n) is 8.00. The normalized spacial score (nSPS) is 27.6. The molecular formula is C19H31N3O4S. The quantitative estimate of drug-likeness (QED) is 0.805. The van der Waals surface area contributed by atoms with E-state index in [1.165, 1.54) is 8.61 Å². The molecule has 1 N–H and O–H groups in total. The number of piperidine rings is 2. The fourth-order valence-corrected chi connectivity index (χ4v) is 5.30. The molecule has 0 amide bonds. The maximum atomic E-state index is 12.5. The van der Waals surface area contributed by atoms with Gasteiger partial charge in [0.2, 0.25) is 0 Å². The van der Waals surface area contributed by atoms with Crippen LogP contribution in [0.2, 0.25) is 0 Å². The molecule has 152 valence electrons. The average Bonchev–Trinajstić information content (AvgIpc) is 2.62. The number of hydrogen-bond acceptors (Lipinski definition) is 5. The number of ether oxygens (including phenoxy) is 1. The molecule has 2 aliphatic rings. The van der Waals surface area contributed by atoms with Gasteiger partial charge in [0.25, 0.3) is 10.2 Å². The molecule has 0 saturated carbocycles. The Morgan fingerprint density at radius 3 is 2.63 bits per heavy atom. The molecule has 0 aliphatic carbocycles. The van der Waals surface area contributed by atoms with E-state index in [4.69, 9.17) is 4.74 Å². The zero-order valence-corrected chi connectivity index (χ0v) is 17.5. The second kappa shape index (κ2) is 7.67. The fourth-order valence-electron chi connectivity index (χ4n) is 4.15. The van der Waals surface area contributed by atoms with E-state index in [-0.39, 0.29) is 5.92 Å². The van der Waals surface area contributed by atoms with Gasteiger partial charge in [0.05, 0.1) is 12.7 Å². The van der Waals surface area contributed by atoms with E-state index in [2.05, 4.69) is 17.0 Å². The van der Waals surface area contributed by atoms with Crippen LogP contribution in [0.25, 0.3) is 0 Å². The predicted molar refractivity (Wildman–Crippen MR) is 105 cm³/mol. The van der Waals surface area contributed by atoms with Crippen LogP contribution >= 0.6 is 0 Å². The Bertz CT molecular complexity index is 783. The number of benzene rings is 1. The van der Waals surface area contributed by atoms with Gasteiger partial charge < -0.3 is 9.84 Å². The molecule has 0 bridgehead atoms. The molecule has 0 unspecified atom stereocenters. The summed E-state index contributed by atoms with van der Waals surface area (Å²) in [7, 11) is 1.32. The Balaban J connectivity index is 1.73. The first-order valence-electron chi connectivity index (χ1n) is 9.41. The Labute approximate surface area is 162 Å². The summed E-state index contributed by atoms with van der Waals surface area (Å²) in [5.41, 5.74) is 1.49. The van der Waals surface area contributed by atoms with E-state index < -0.39 is 15.8 Å². The molecule has 1 aromatic carbocycles. The molecule has 1 aromatic rings. The van der Waals surface area contributed by atoms with E-state index in [1.54, 1.807) is 21.2 Å². The van der Waals surface area contributed by atoms with Crippen molar-refractivity contribution < 1.29 is 18.3 Å². The van der Waals surface area contributed by atoms with E-state index in [0.717, 1.165) is 30.0 Å². The van der Waals surface area contributed by atoms with Crippen LogP contribution in [0.15, 0.2) is 18.2 Å². The summed E-state index contributed by atoms with van der Waals surface area (Å²) in [5, 5.41) is 11.0. The Kier molecular flexibility index (Phi) is 5.84. The Morgan fingerprint density at radius 2 is 1.96 bits per heavy atom. The van der Waals surface area contributed by atoms with Crippen molar-refractivity contribution in [3.05, 3.63) is 29.3 Å². The maximum Gasteiger partial charge on any atom is 0.281 e. The third-order valence-corrected chi connectivity index (χ3v) is 7.85. The van der Waals surface area contributed by atoms with Gasteiger partial charge in [-0.1, -0.05) is 12.1 Å². The fraction of sp³-hybridized carbons (Fsp3) is 0.684. The first-order valence-corrected chi connectivity index (χ1v) is 10.8. The number of methoxy groups -OCH3 is 1. The van der Waals surface area contributed by atoms with Gasteiger partial charge in [0.1, 0.15) is 5.75 Å². The van der Waals surface area contributed by atoms with Crippen molar-refractivity contribution >= 4 is 10.2 Å². The lowest BCUT2D eigenvalue weighted by molar-refractivity contribution is -0.103. The van der Waals surface area contributed by atoms with E-state index in [1.807, 2.05) is 13.0 Å². The smallest absolute Gasteiger partial charge is 0.281 e. The minimum Gasteiger partial charge on any atom is -0.496 e. The molecular weight excluding hydrogens is 366 g/mol. The van der Waals surface area contributed by atoms with Crippen LogP contribution in [0.5, 0.6) is 5.75 Å². The van der Waals surface area contributed by atoms with Crippen LogP contribution in [0, 0.1) is 12.8 Å². The molecule has 0 aromatic heterocycles. The molecule has 27 heavy (non-hydrogen) atoms. The first-order chi connectivity index (χ1) is 12.7. The molecule has 2 aliphatic heterocycles. The summed E-state index contributed by atoms with van der Waals surface area (Å²) in [6.45, 7) is 4.97. The summed E-state index contributed by atoms with van der Waals surface area (Å²) in [6.07, 6.45) is 1.16. The summed E-state index contributed by atoms with van der Waals surface area (Å²) < 4.78 is 33.2. The number of aryl methyl sites for hydroxylation is 1. The number of rotatable bonds is 5. The average molecular weight is 398 g/mol. The summed E-state index contributed by atoms with van der Waals surface area (Å²) in [6, 6.07) is 6.18. The van der Waals surface area contributed by atoms with Crippen LogP contribution in [0.1, 0.15) is 24.0 Å². The highest BCUT2D eigenvalue weighted by atomic mass is 32.2. The molecule has 0 radical (unpaired) electrons. The highest BCUT2D eigenvalue weighted by molar-refractivity contribution is 7.86. The van der Waals surface area contributed by atoms with Gasteiger partial charge in [-0.25, -0.2) is 0 Å². The maximum absolute atomic E-state index is 12.5. The van der Waals surface area contributed by atoms with Gasteiger partial charge >= 0.3 is 0 Å². The monoisotopic (exact) mass is 397 g/mol. The third kappa shape index (κ3) is 4.14. The zero-order valence-electron chi connectivity index (χ0n) is 16.7. The van der Waals surface area contributed by atoms with Gasteiger partial charge in [0, 0.05) is 58.3 Å². The van der Waals surface area contributed by atoms with Crippen molar-refractivity contribution in [2.75, 3.05) is 47.4 Å². The van der Waals surface area contributed by atoms with Gasteiger partial charge in [-0.05, 0) is 31.4 Å². The number of hydrogen-bond donors (Lipinski definition) is 1. The first kappa shape index (κ1) is 20.5. The lowest BCUT2D eigenvalue weighted by atomic mass is 9.76. The SMILES string of the molecule is COc1cc(C)ccc1CN1CC[C@@]2(O)CCN(S(=O)(=O)N(C)C)C[C@H]2C1. The van der Waals surface area contributed by atoms with Crippen molar-refractivity contribution in [3.8, 4) is 5.75 Å². The van der Waals surface area contributed by atoms with Crippen LogP contribution in [0.4, 0.5) is 0 Å². The largest absolute Gasteiger partial charge is 0.496 e. The molecule has 8 heteroatoms. The van der Waals surface area contributed by atoms with Crippen LogP contribution < -0.4 is 4.74 Å². The molecule has 2 fully saturated rings. The molecule has 2 saturated heterocycles. The van der Waals surface area contributed by atoms with Crippen LogP contribution in [-0.2, 0) is 16.8 Å². The number of aliphatic hydroxyl groups is 1. The highest BCUT2D eigenvalue weighted by Gasteiger charge is 2.47. The molecule has 0 spiro atoms. The minimum absolute atomic E-state index is 0.0915. The van der Waals surface area contributed by atoms with Crippen molar-refractivity contribution in [1.82, 2.24) is 13.5 Å². The van der Waals surface area contributed by atoms with Gasteiger partial charge in [-0.2, -0.15) is 17.0 Å². The van der Waals surface area contributed by atoms with Gasteiger partial charge in [-0.3, -0.25) is 4.90 Å².